The molecule has 1 aromatic heterocycles. The van der Waals surface area contributed by atoms with Crippen molar-refractivity contribution in [2.45, 2.75) is 51.3 Å². The second-order valence-corrected chi connectivity index (χ2v) is 7.17. The molecule has 1 amide bonds. The lowest BCUT2D eigenvalue weighted by molar-refractivity contribution is 0.0491. The first-order valence-corrected chi connectivity index (χ1v) is 7.62. The van der Waals surface area contributed by atoms with Gasteiger partial charge < -0.3 is 20.4 Å². The molecular weight excluding hydrogens is 278 g/mol. The smallest absolute Gasteiger partial charge is 0.408 e. The van der Waals surface area contributed by atoms with Gasteiger partial charge >= 0.3 is 6.09 Å². The predicted molar refractivity (Wildman–Crippen MR) is 87.7 cm³/mol. The minimum absolute atomic E-state index is 0.185. The predicted octanol–water partition coefficient (Wildman–Crippen LogP) is 3.28. The summed E-state index contributed by atoms with van der Waals surface area (Å²) in [6, 6.07) is 7.94. The third-order valence-electron chi connectivity index (χ3n) is 3.89. The second-order valence-electron chi connectivity index (χ2n) is 7.17. The average Bonchev–Trinajstić information content (AvgIpc) is 3.00. The summed E-state index contributed by atoms with van der Waals surface area (Å²) in [6.45, 7) is 6.36. The largest absolute Gasteiger partial charge is 0.444 e. The molecule has 3 rings (SSSR count). The molecule has 1 aliphatic rings. The van der Waals surface area contributed by atoms with Crippen LogP contribution in [0.5, 0.6) is 0 Å². The standard InChI is InChI=1S/C17H23N3O2/c1-16(2,3)22-15(21)19-17(7-8-17)11-20-9-6-12-10-13(18)4-5-14(12)20/h4-6,9-10H,7-8,11,18H2,1-3H3,(H,19,21). The third-order valence-corrected chi connectivity index (χ3v) is 3.89. The summed E-state index contributed by atoms with van der Waals surface area (Å²) >= 11 is 0. The van der Waals surface area contributed by atoms with Crippen molar-refractivity contribution < 1.29 is 9.53 Å². The number of nitrogens with one attached hydrogen (secondary N) is 1. The molecule has 118 valence electrons. The van der Waals surface area contributed by atoms with Crippen LogP contribution >= 0.6 is 0 Å². The van der Waals surface area contributed by atoms with Gasteiger partial charge in [-0.15, -0.1) is 0 Å². The van der Waals surface area contributed by atoms with E-state index >= 15 is 0 Å². The van der Waals surface area contributed by atoms with Crippen molar-refractivity contribution in [3.05, 3.63) is 30.5 Å². The summed E-state index contributed by atoms with van der Waals surface area (Å²) < 4.78 is 7.53. The van der Waals surface area contributed by atoms with Gasteiger partial charge in [-0.1, -0.05) is 0 Å². The molecule has 0 spiro atoms. The Labute approximate surface area is 130 Å². The number of nitrogens with two attached hydrogens (primary N) is 1. The number of rotatable bonds is 3. The first kappa shape index (κ1) is 14.8. The maximum Gasteiger partial charge on any atom is 0.408 e. The molecule has 1 fully saturated rings. The lowest BCUT2D eigenvalue weighted by Gasteiger charge is -2.24. The van der Waals surface area contributed by atoms with E-state index in [2.05, 4.69) is 16.0 Å². The number of amides is 1. The zero-order valence-corrected chi connectivity index (χ0v) is 13.3. The fourth-order valence-corrected chi connectivity index (χ4v) is 2.68. The Morgan fingerprint density at radius 1 is 1.36 bits per heavy atom. The minimum Gasteiger partial charge on any atom is -0.444 e. The Morgan fingerprint density at radius 3 is 2.73 bits per heavy atom. The lowest BCUT2D eigenvalue weighted by atomic mass is 10.2. The van der Waals surface area contributed by atoms with E-state index in [1.807, 2.05) is 45.2 Å². The van der Waals surface area contributed by atoms with Crippen molar-refractivity contribution in [2.75, 3.05) is 5.73 Å². The van der Waals surface area contributed by atoms with E-state index < -0.39 is 5.60 Å². The van der Waals surface area contributed by atoms with Crippen LogP contribution in [0.25, 0.3) is 10.9 Å². The molecule has 1 aliphatic carbocycles. The minimum atomic E-state index is -0.474. The number of carbonyl (C=O) groups is 1. The molecule has 0 atom stereocenters. The van der Waals surface area contributed by atoms with Crippen LogP contribution in [0, 0.1) is 0 Å². The molecule has 1 heterocycles. The molecule has 2 aromatic rings. The van der Waals surface area contributed by atoms with Crippen LogP contribution in [0.4, 0.5) is 10.5 Å². The normalized spacial score (nSPS) is 16.5. The molecule has 1 aromatic carbocycles. The Bertz CT molecular complexity index is 708. The van der Waals surface area contributed by atoms with E-state index in [0.29, 0.717) is 0 Å². The van der Waals surface area contributed by atoms with E-state index in [0.717, 1.165) is 36.0 Å². The summed E-state index contributed by atoms with van der Waals surface area (Å²) in [5.41, 5.74) is 7.05. The van der Waals surface area contributed by atoms with Crippen LogP contribution in [0.3, 0.4) is 0 Å². The number of ether oxygens (including phenoxy) is 1. The summed E-state index contributed by atoms with van der Waals surface area (Å²) in [6.07, 6.45) is 3.65. The summed E-state index contributed by atoms with van der Waals surface area (Å²) in [5.74, 6) is 0. The second kappa shape index (κ2) is 4.93. The number of anilines is 1. The van der Waals surface area contributed by atoms with Gasteiger partial charge in [-0.3, -0.25) is 0 Å². The van der Waals surface area contributed by atoms with Crippen LogP contribution in [0.15, 0.2) is 30.5 Å². The van der Waals surface area contributed by atoms with E-state index in [1.54, 1.807) is 0 Å². The van der Waals surface area contributed by atoms with Crippen LogP contribution in [-0.2, 0) is 11.3 Å². The number of fused-ring (bicyclic) bond motifs is 1. The van der Waals surface area contributed by atoms with E-state index in [9.17, 15) is 4.79 Å². The molecular formula is C17H23N3O2. The van der Waals surface area contributed by atoms with Crippen LogP contribution in [0.2, 0.25) is 0 Å². The fraction of sp³-hybridized carbons (Fsp3) is 0.471. The maximum atomic E-state index is 12.0. The van der Waals surface area contributed by atoms with Gasteiger partial charge in [-0.25, -0.2) is 4.79 Å². The summed E-state index contributed by atoms with van der Waals surface area (Å²) in [4.78, 5) is 12.0. The van der Waals surface area contributed by atoms with Crippen molar-refractivity contribution in [3.63, 3.8) is 0 Å². The van der Waals surface area contributed by atoms with Gasteiger partial charge in [0, 0.05) is 29.3 Å². The highest BCUT2D eigenvalue weighted by Gasteiger charge is 2.45. The van der Waals surface area contributed by atoms with Crippen molar-refractivity contribution in [1.29, 1.82) is 0 Å². The monoisotopic (exact) mass is 301 g/mol. The average molecular weight is 301 g/mol. The Kier molecular flexibility index (Phi) is 3.31. The molecule has 3 N–H and O–H groups in total. The first-order chi connectivity index (χ1) is 10.3. The summed E-state index contributed by atoms with van der Waals surface area (Å²) in [7, 11) is 0. The zero-order chi connectivity index (χ0) is 16.0. The van der Waals surface area contributed by atoms with Crippen LogP contribution < -0.4 is 11.1 Å². The molecule has 0 radical (unpaired) electrons. The van der Waals surface area contributed by atoms with Crippen molar-refractivity contribution in [1.82, 2.24) is 9.88 Å². The molecule has 1 saturated carbocycles. The van der Waals surface area contributed by atoms with Gasteiger partial charge in [0.1, 0.15) is 5.60 Å². The first-order valence-electron chi connectivity index (χ1n) is 7.62. The van der Waals surface area contributed by atoms with Crippen LogP contribution in [0.1, 0.15) is 33.6 Å². The Morgan fingerprint density at radius 2 is 2.09 bits per heavy atom. The van der Waals surface area contributed by atoms with E-state index in [1.165, 1.54) is 0 Å². The molecule has 0 saturated heterocycles. The molecule has 5 heteroatoms. The van der Waals surface area contributed by atoms with E-state index in [4.69, 9.17) is 10.5 Å². The number of hydrogen-bond donors (Lipinski definition) is 2. The number of carbonyl (C=O) groups excluding carboxylic acids is 1. The SMILES string of the molecule is CC(C)(C)OC(=O)NC1(Cn2ccc3cc(N)ccc32)CC1. The van der Waals surface area contributed by atoms with Gasteiger partial charge in [-0.2, -0.15) is 0 Å². The zero-order valence-electron chi connectivity index (χ0n) is 13.3. The van der Waals surface area contributed by atoms with Gasteiger partial charge in [0.05, 0.1) is 5.54 Å². The molecule has 5 nitrogen and oxygen atoms in total. The third kappa shape index (κ3) is 3.18. The molecule has 22 heavy (non-hydrogen) atoms. The number of alkyl carbamates (subject to hydrolysis) is 1. The fourth-order valence-electron chi connectivity index (χ4n) is 2.68. The van der Waals surface area contributed by atoms with Crippen molar-refractivity contribution in [3.8, 4) is 0 Å². The molecule has 0 unspecified atom stereocenters. The Hall–Kier alpha value is -2.17. The highest BCUT2D eigenvalue weighted by atomic mass is 16.6. The van der Waals surface area contributed by atoms with Gasteiger partial charge in [0.15, 0.2) is 0 Å². The van der Waals surface area contributed by atoms with Crippen molar-refractivity contribution >= 4 is 22.7 Å². The number of nitrogen functional groups attached to an aromatic ring is 1. The summed E-state index contributed by atoms with van der Waals surface area (Å²) in [5, 5.41) is 4.15. The molecule has 0 aliphatic heterocycles. The quantitative estimate of drug-likeness (QED) is 0.855. The molecule has 0 bridgehead atoms. The van der Waals surface area contributed by atoms with Crippen LogP contribution in [-0.4, -0.2) is 21.8 Å². The maximum absolute atomic E-state index is 12.0. The van der Waals surface area contributed by atoms with Gasteiger partial charge in [-0.05, 0) is 57.9 Å². The van der Waals surface area contributed by atoms with E-state index in [-0.39, 0.29) is 11.6 Å². The van der Waals surface area contributed by atoms with Gasteiger partial charge in [0.25, 0.3) is 0 Å². The highest BCUT2D eigenvalue weighted by Crippen LogP contribution is 2.38. The van der Waals surface area contributed by atoms with Crippen molar-refractivity contribution in [2.24, 2.45) is 0 Å². The number of hydrogen-bond acceptors (Lipinski definition) is 3. The number of aromatic nitrogens is 1. The number of nitrogens with zero attached hydrogens (tertiary/aromatic N) is 1. The Balaban J connectivity index is 1.73. The number of benzene rings is 1. The topological polar surface area (TPSA) is 69.3 Å². The van der Waals surface area contributed by atoms with Gasteiger partial charge in [0.2, 0.25) is 0 Å². The lowest BCUT2D eigenvalue weighted by Crippen LogP contribution is -2.42. The highest BCUT2D eigenvalue weighted by molar-refractivity contribution is 5.83.